The highest BCUT2D eigenvalue weighted by Crippen LogP contribution is 2.21. The van der Waals surface area contributed by atoms with E-state index in [-0.39, 0.29) is 11.8 Å². The Balaban J connectivity index is 2.79. The number of nitriles is 1. The van der Waals surface area contributed by atoms with E-state index in [1.165, 1.54) is 11.3 Å². The van der Waals surface area contributed by atoms with Gasteiger partial charge in [-0.3, -0.25) is 4.79 Å². The van der Waals surface area contributed by atoms with Crippen molar-refractivity contribution in [2.45, 2.75) is 13.8 Å². The third-order valence-corrected chi connectivity index (χ3v) is 3.19. The zero-order chi connectivity index (χ0) is 12.1. The number of carbonyl (C=O) groups excluding carboxylic acids is 1. The molecular formula is C11H15N3OS. The van der Waals surface area contributed by atoms with Crippen molar-refractivity contribution in [2.24, 2.45) is 5.92 Å². The van der Waals surface area contributed by atoms with E-state index in [0.29, 0.717) is 23.7 Å². The number of hydrogen-bond acceptors (Lipinski definition) is 4. The molecule has 1 aromatic rings. The van der Waals surface area contributed by atoms with Crippen molar-refractivity contribution in [3.8, 4) is 6.07 Å². The van der Waals surface area contributed by atoms with Crippen molar-refractivity contribution in [1.82, 2.24) is 4.90 Å². The number of amides is 1. The molecule has 5 heteroatoms. The lowest BCUT2D eigenvalue weighted by atomic mass is 10.2. The smallest absolute Gasteiger partial charge is 0.266 e. The minimum atomic E-state index is -0.162. The van der Waals surface area contributed by atoms with Crippen LogP contribution >= 0.6 is 11.3 Å². The summed E-state index contributed by atoms with van der Waals surface area (Å²) < 4.78 is 0. The largest absolute Gasteiger partial charge is 0.397 e. The molecule has 0 aromatic carbocycles. The van der Waals surface area contributed by atoms with Gasteiger partial charge < -0.3 is 10.6 Å². The fourth-order valence-electron chi connectivity index (χ4n) is 1.36. The maximum atomic E-state index is 12.1. The first-order chi connectivity index (χ1) is 7.60. The number of nitrogen functional groups attached to an aromatic ring is 1. The summed E-state index contributed by atoms with van der Waals surface area (Å²) in [5.74, 6) is -0.248. The van der Waals surface area contributed by atoms with E-state index < -0.39 is 0 Å². The van der Waals surface area contributed by atoms with E-state index >= 15 is 0 Å². The highest BCUT2D eigenvalue weighted by Gasteiger charge is 2.19. The van der Waals surface area contributed by atoms with Crippen molar-refractivity contribution in [2.75, 3.05) is 18.8 Å². The van der Waals surface area contributed by atoms with Crippen LogP contribution in [0, 0.1) is 17.2 Å². The number of nitrogens with zero attached hydrogens (tertiary/aromatic N) is 2. The van der Waals surface area contributed by atoms with Gasteiger partial charge >= 0.3 is 0 Å². The SMILES string of the molecule is CCN(CC(C)C#N)C(=O)c1sccc1N. The molecule has 0 radical (unpaired) electrons. The summed E-state index contributed by atoms with van der Waals surface area (Å²) in [7, 11) is 0. The third-order valence-electron chi connectivity index (χ3n) is 2.27. The monoisotopic (exact) mass is 237 g/mol. The molecule has 0 saturated heterocycles. The lowest BCUT2D eigenvalue weighted by Crippen LogP contribution is -2.34. The third kappa shape index (κ3) is 2.74. The van der Waals surface area contributed by atoms with Crippen LogP contribution in [0.15, 0.2) is 11.4 Å². The molecular weight excluding hydrogens is 222 g/mol. The van der Waals surface area contributed by atoms with Crippen LogP contribution in [0.25, 0.3) is 0 Å². The average Bonchev–Trinajstić information content (AvgIpc) is 2.71. The van der Waals surface area contributed by atoms with Gasteiger partial charge in [0.05, 0.1) is 17.7 Å². The summed E-state index contributed by atoms with van der Waals surface area (Å²) in [5, 5.41) is 10.5. The summed E-state index contributed by atoms with van der Waals surface area (Å²) >= 11 is 1.34. The molecule has 1 atom stereocenters. The van der Waals surface area contributed by atoms with E-state index in [0.717, 1.165) is 0 Å². The molecule has 4 nitrogen and oxygen atoms in total. The normalized spacial score (nSPS) is 11.8. The quantitative estimate of drug-likeness (QED) is 0.870. The molecule has 0 fully saturated rings. The zero-order valence-corrected chi connectivity index (χ0v) is 10.3. The molecule has 1 amide bonds. The van der Waals surface area contributed by atoms with E-state index in [1.54, 1.807) is 23.3 Å². The Morgan fingerprint density at radius 2 is 2.44 bits per heavy atom. The van der Waals surface area contributed by atoms with E-state index in [2.05, 4.69) is 6.07 Å². The second kappa shape index (κ2) is 5.52. The van der Waals surface area contributed by atoms with Crippen LogP contribution < -0.4 is 5.73 Å². The van der Waals surface area contributed by atoms with Crippen LogP contribution in [0.5, 0.6) is 0 Å². The number of rotatable bonds is 4. The highest BCUT2D eigenvalue weighted by atomic mass is 32.1. The van der Waals surface area contributed by atoms with Crippen LogP contribution in [0.2, 0.25) is 0 Å². The number of nitrogens with two attached hydrogens (primary N) is 1. The van der Waals surface area contributed by atoms with Crippen LogP contribution in [0.1, 0.15) is 23.5 Å². The van der Waals surface area contributed by atoms with Gasteiger partial charge in [-0.15, -0.1) is 11.3 Å². The van der Waals surface area contributed by atoms with Gasteiger partial charge in [-0.2, -0.15) is 5.26 Å². The molecule has 1 heterocycles. The molecule has 0 aliphatic heterocycles. The zero-order valence-electron chi connectivity index (χ0n) is 9.43. The average molecular weight is 237 g/mol. The fourth-order valence-corrected chi connectivity index (χ4v) is 2.15. The Morgan fingerprint density at radius 1 is 1.75 bits per heavy atom. The Hall–Kier alpha value is -1.54. The van der Waals surface area contributed by atoms with E-state index in [1.807, 2.05) is 6.92 Å². The summed E-state index contributed by atoms with van der Waals surface area (Å²) in [4.78, 5) is 14.3. The molecule has 0 saturated carbocycles. The molecule has 1 rings (SSSR count). The second-order valence-electron chi connectivity index (χ2n) is 3.58. The minimum Gasteiger partial charge on any atom is -0.397 e. The first-order valence-electron chi connectivity index (χ1n) is 5.12. The van der Waals surface area contributed by atoms with Crippen LogP contribution in [0.4, 0.5) is 5.69 Å². The molecule has 2 N–H and O–H groups in total. The van der Waals surface area contributed by atoms with Crippen LogP contribution in [-0.2, 0) is 0 Å². The number of carbonyl (C=O) groups is 1. The Kier molecular flexibility index (Phi) is 4.32. The standard InChI is InChI=1S/C11H15N3OS/c1-3-14(7-8(2)6-12)11(15)10-9(13)4-5-16-10/h4-5,8H,3,7,13H2,1-2H3. The lowest BCUT2D eigenvalue weighted by Gasteiger charge is -2.21. The molecule has 16 heavy (non-hydrogen) atoms. The van der Waals surface area contributed by atoms with Gasteiger partial charge in [-0.1, -0.05) is 0 Å². The maximum absolute atomic E-state index is 12.1. The fraction of sp³-hybridized carbons (Fsp3) is 0.455. The predicted octanol–water partition coefficient (Wildman–Crippen LogP) is 1.95. The summed E-state index contributed by atoms with van der Waals surface area (Å²) in [6, 6.07) is 3.84. The second-order valence-corrected chi connectivity index (χ2v) is 4.50. The van der Waals surface area contributed by atoms with Gasteiger partial charge in [0.1, 0.15) is 4.88 Å². The van der Waals surface area contributed by atoms with E-state index in [4.69, 9.17) is 11.0 Å². The van der Waals surface area contributed by atoms with Gasteiger partial charge in [0.25, 0.3) is 5.91 Å². The van der Waals surface area contributed by atoms with Gasteiger partial charge in [0.15, 0.2) is 0 Å². The van der Waals surface area contributed by atoms with Crippen molar-refractivity contribution in [3.05, 3.63) is 16.3 Å². The van der Waals surface area contributed by atoms with Crippen molar-refractivity contribution >= 4 is 22.9 Å². The Bertz CT molecular complexity index is 408. The van der Waals surface area contributed by atoms with Gasteiger partial charge in [0.2, 0.25) is 0 Å². The van der Waals surface area contributed by atoms with Gasteiger partial charge in [-0.05, 0) is 25.3 Å². The number of thiophene rings is 1. The van der Waals surface area contributed by atoms with Crippen LogP contribution in [0.3, 0.4) is 0 Å². The number of hydrogen-bond donors (Lipinski definition) is 1. The van der Waals surface area contributed by atoms with Gasteiger partial charge in [0, 0.05) is 13.1 Å². The Morgan fingerprint density at radius 3 is 2.88 bits per heavy atom. The van der Waals surface area contributed by atoms with Crippen molar-refractivity contribution in [1.29, 1.82) is 5.26 Å². The summed E-state index contributed by atoms with van der Waals surface area (Å²) in [6.45, 7) is 4.73. The first-order valence-corrected chi connectivity index (χ1v) is 6.00. The summed E-state index contributed by atoms with van der Waals surface area (Å²) in [5.41, 5.74) is 6.21. The Labute approximate surface area is 99.3 Å². The van der Waals surface area contributed by atoms with E-state index in [9.17, 15) is 4.79 Å². The molecule has 0 spiro atoms. The van der Waals surface area contributed by atoms with Crippen LogP contribution in [-0.4, -0.2) is 23.9 Å². The van der Waals surface area contributed by atoms with Crippen molar-refractivity contribution < 1.29 is 4.79 Å². The molecule has 86 valence electrons. The summed E-state index contributed by atoms with van der Waals surface area (Å²) in [6.07, 6.45) is 0. The molecule has 1 aromatic heterocycles. The highest BCUT2D eigenvalue weighted by molar-refractivity contribution is 7.12. The lowest BCUT2D eigenvalue weighted by molar-refractivity contribution is 0.0758. The molecule has 0 aliphatic rings. The molecule has 0 bridgehead atoms. The van der Waals surface area contributed by atoms with Gasteiger partial charge in [-0.25, -0.2) is 0 Å². The maximum Gasteiger partial charge on any atom is 0.266 e. The minimum absolute atomic E-state index is 0.0860. The topological polar surface area (TPSA) is 70.1 Å². The number of anilines is 1. The molecule has 0 aliphatic carbocycles. The molecule has 1 unspecified atom stereocenters. The first kappa shape index (κ1) is 12.5. The predicted molar refractivity (Wildman–Crippen MR) is 65.1 cm³/mol. The van der Waals surface area contributed by atoms with Crippen molar-refractivity contribution in [3.63, 3.8) is 0 Å².